The summed E-state index contributed by atoms with van der Waals surface area (Å²) in [6, 6.07) is 4.28. The fourth-order valence-corrected chi connectivity index (χ4v) is 1.80. The van der Waals surface area contributed by atoms with E-state index in [0.717, 1.165) is 6.42 Å². The molecule has 19 heavy (non-hydrogen) atoms. The SMILES string of the molecule is CC(C)CCNC(=O)Nc1ccc(Br)cc1C(=O)O. The molecule has 1 aromatic rings. The Balaban J connectivity index is 2.66. The lowest BCUT2D eigenvalue weighted by molar-refractivity contribution is 0.0698. The third kappa shape index (κ3) is 5.30. The zero-order valence-electron chi connectivity index (χ0n) is 10.9. The lowest BCUT2D eigenvalue weighted by Gasteiger charge is -2.11. The molecule has 0 spiro atoms. The van der Waals surface area contributed by atoms with Gasteiger partial charge in [0.25, 0.3) is 0 Å². The van der Waals surface area contributed by atoms with Crippen LogP contribution in [0.5, 0.6) is 0 Å². The fraction of sp³-hybridized carbons (Fsp3) is 0.385. The topological polar surface area (TPSA) is 78.4 Å². The van der Waals surface area contributed by atoms with Gasteiger partial charge in [-0.1, -0.05) is 29.8 Å². The van der Waals surface area contributed by atoms with Crippen molar-refractivity contribution in [3.8, 4) is 0 Å². The van der Waals surface area contributed by atoms with Gasteiger partial charge in [-0.3, -0.25) is 0 Å². The predicted octanol–water partition coefficient (Wildman–Crippen LogP) is 3.31. The third-order valence-corrected chi connectivity index (χ3v) is 2.96. The Bertz CT molecular complexity index is 475. The number of aromatic carboxylic acids is 1. The molecule has 0 aromatic heterocycles. The van der Waals surface area contributed by atoms with Gasteiger partial charge < -0.3 is 15.7 Å². The predicted molar refractivity (Wildman–Crippen MR) is 77.6 cm³/mol. The Morgan fingerprint density at radius 1 is 1.37 bits per heavy atom. The number of carbonyl (C=O) groups excluding carboxylic acids is 1. The molecule has 0 fully saturated rings. The zero-order valence-corrected chi connectivity index (χ0v) is 12.5. The Morgan fingerprint density at radius 3 is 2.63 bits per heavy atom. The van der Waals surface area contributed by atoms with E-state index in [0.29, 0.717) is 16.9 Å². The molecule has 0 saturated carbocycles. The Kier molecular flexibility index (Phi) is 5.82. The molecule has 1 aromatic carbocycles. The van der Waals surface area contributed by atoms with E-state index in [4.69, 9.17) is 5.11 Å². The summed E-state index contributed by atoms with van der Waals surface area (Å²) < 4.78 is 0.649. The summed E-state index contributed by atoms with van der Waals surface area (Å²) in [6.45, 7) is 4.69. The lowest BCUT2D eigenvalue weighted by Crippen LogP contribution is -2.30. The summed E-state index contributed by atoms with van der Waals surface area (Å²) in [5.41, 5.74) is 0.325. The van der Waals surface area contributed by atoms with Gasteiger partial charge in [-0.05, 0) is 30.5 Å². The minimum atomic E-state index is -1.08. The molecule has 104 valence electrons. The monoisotopic (exact) mass is 328 g/mol. The number of anilines is 1. The van der Waals surface area contributed by atoms with Crippen molar-refractivity contribution in [1.29, 1.82) is 0 Å². The van der Waals surface area contributed by atoms with Gasteiger partial charge >= 0.3 is 12.0 Å². The average Bonchev–Trinajstić information content (AvgIpc) is 2.30. The van der Waals surface area contributed by atoms with Gasteiger partial charge in [0.15, 0.2) is 0 Å². The van der Waals surface area contributed by atoms with Crippen molar-refractivity contribution in [2.45, 2.75) is 20.3 Å². The number of amides is 2. The van der Waals surface area contributed by atoms with E-state index in [9.17, 15) is 9.59 Å². The smallest absolute Gasteiger partial charge is 0.337 e. The Hall–Kier alpha value is -1.56. The van der Waals surface area contributed by atoms with Crippen LogP contribution in [0.2, 0.25) is 0 Å². The van der Waals surface area contributed by atoms with Gasteiger partial charge in [-0.25, -0.2) is 9.59 Å². The first kappa shape index (κ1) is 15.5. The molecule has 2 amide bonds. The molecule has 5 nitrogen and oxygen atoms in total. The minimum Gasteiger partial charge on any atom is -0.478 e. The first-order valence-electron chi connectivity index (χ1n) is 5.98. The number of carboxylic acids is 1. The van der Waals surface area contributed by atoms with E-state index >= 15 is 0 Å². The van der Waals surface area contributed by atoms with Crippen molar-refractivity contribution in [1.82, 2.24) is 5.32 Å². The van der Waals surface area contributed by atoms with Crippen molar-refractivity contribution in [3.63, 3.8) is 0 Å². The van der Waals surface area contributed by atoms with Crippen molar-refractivity contribution < 1.29 is 14.7 Å². The summed E-state index contributed by atoms with van der Waals surface area (Å²) in [5.74, 6) is -0.582. The molecule has 0 aliphatic rings. The molecule has 0 heterocycles. The van der Waals surface area contributed by atoms with Crippen LogP contribution in [0.4, 0.5) is 10.5 Å². The molecule has 0 atom stereocenters. The van der Waals surface area contributed by atoms with Crippen LogP contribution in [0, 0.1) is 5.92 Å². The van der Waals surface area contributed by atoms with Crippen LogP contribution < -0.4 is 10.6 Å². The molecule has 0 radical (unpaired) electrons. The highest BCUT2D eigenvalue weighted by Crippen LogP contribution is 2.21. The van der Waals surface area contributed by atoms with Crippen LogP contribution in [0.25, 0.3) is 0 Å². The summed E-state index contributed by atoms with van der Waals surface area (Å²) in [4.78, 5) is 22.7. The van der Waals surface area contributed by atoms with Crippen molar-refractivity contribution in [3.05, 3.63) is 28.2 Å². The van der Waals surface area contributed by atoms with Crippen LogP contribution in [0.15, 0.2) is 22.7 Å². The molecule has 0 aliphatic carbocycles. The van der Waals surface area contributed by atoms with Gasteiger partial charge in [-0.15, -0.1) is 0 Å². The molecule has 0 bridgehead atoms. The van der Waals surface area contributed by atoms with E-state index in [2.05, 4.69) is 40.4 Å². The highest BCUT2D eigenvalue weighted by Gasteiger charge is 2.12. The number of nitrogens with one attached hydrogen (secondary N) is 2. The number of halogens is 1. The molecule has 0 aliphatic heterocycles. The van der Waals surface area contributed by atoms with Crippen LogP contribution in [-0.4, -0.2) is 23.7 Å². The molecular formula is C13H17BrN2O3. The summed E-state index contributed by atoms with van der Waals surface area (Å²) in [6.07, 6.45) is 0.875. The number of hydrogen-bond acceptors (Lipinski definition) is 2. The average molecular weight is 329 g/mol. The zero-order chi connectivity index (χ0) is 14.4. The van der Waals surface area contributed by atoms with Gasteiger partial charge in [0.2, 0.25) is 0 Å². The standard InChI is InChI=1S/C13H17BrN2O3/c1-8(2)5-6-15-13(19)16-11-4-3-9(14)7-10(11)12(17)18/h3-4,7-8H,5-6H2,1-2H3,(H,17,18)(H2,15,16,19). The van der Waals surface area contributed by atoms with E-state index in [1.165, 1.54) is 6.07 Å². The first-order valence-corrected chi connectivity index (χ1v) is 6.77. The van der Waals surface area contributed by atoms with E-state index in [1.807, 2.05) is 0 Å². The maximum absolute atomic E-state index is 11.6. The van der Waals surface area contributed by atoms with Gasteiger partial charge in [0.05, 0.1) is 11.3 Å². The first-order chi connectivity index (χ1) is 8.90. The highest BCUT2D eigenvalue weighted by molar-refractivity contribution is 9.10. The largest absolute Gasteiger partial charge is 0.478 e. The van der Waals surface area contributed by atoms with Gasteiger partial charge in [0.1, 0.15) is 0 Å². The number of hydrogen-bond donors (Lipinski definition) is 3. The van der Waals surface area contributed by atoms with E-state index in [-0.39, 0.29) is 11.3 Å². The van der Waals surface area contributed by atoms with Gasteiger partial charge in [0, 0.05) is 11.0 Å². The van der Waals surface area contributed by atoms with Crippen molar-refractivity contribution in [2.24, 2.45) is 5.92 Å². The number of urea groups is 1. The van der Waals surface area contributed by atoms with E-state index < -0.39 is 12.0 Å². The van der Waals surface area contributed by atoms with Crippen molar-refractivity contribution >= 4 is 33.6 Å². The molecule has 3 N–H and O–H groups in total. The van der Waals surface area contributed by atoms with Crippen LogP contribution in [0.3, 0.4) is 0 Å². The summed E-state index contributed by atoms with van der Waals surface area (Å²) in [5, 5.41) is 14.3. The molecular weight excluding hydrogens is 312 g/mol. The van der Waals surface area contributed by atoms with Crippen LogP contribution in [-0.2, 0) is 0 Å². The second-order valence-corrected chi connectivity index (χ2v) is 5.47. The number of rotatable bonds is 5. The Morgan fingerprint density at radius 2 is 2.05 bits per heavy atom. The van der Waals surface area contributed by atoms with Crippen LogP contribution >= 0.6 is 15.9 Å². The maximum atomic E-state index is 11.6. The lowest BCUT2D eigenvalue weighted by atomic mass is 10.1. The molecule has 0 unspecified atom stereocenters. The number of carbonyl (C=O) groups is 2. The second kappa shape index (κ2) is 7.13. The van der Waals surface area contributed by atoms with Crippen LogP contribution in [0.1, 0.15) is 30.6 Å². The number of carboxylic acid groups (broad SMARTS) is 1. The summed E-state index contributed by atoms with van der Waals surface area (Å²) >= 11 is 3.20. The normalized spacial score (nSPS) is 10.3. The maximum Gasteiger partial charge on any atom is 0.337 e. The second-order valence-electron chi connectivity index (χ2n) is 4.56. The molecule has 1 rings (SSSR count). The molecule has 0 saturated heterocycles. The molecule has 6 heteroatoms. The highest BCUT2D eigenvalue weighted by atomic mass is 79.9. The van der Waals surface area contributed by atoms with E-state index in [1.54, 1.807) is 12.1 Å². The van der Waals surface area contributed by atoms with Gasteiger partial charge in [-0.2, -0.15) is 0 Å². The fourth-order valence-electron chi connectivity index (χ4n) is 1.44. The summed E-state index contributed by atoms with van der Waals surface area (Å²) in [7, 11) is 0. The minimum absolute atomic E-state index is 0.0494. The third-order valence-electron chi connectivity index (χ3n) is 2.47. The quantitative estimate of drug-likeness (QED) is 0.775. The van der Waals surface area contributed by atoms with Crippen molar-refractivity contribution in [2.75, 3.05) is 11.9 Å². The Labute approximate surface area is 120 Å². The number of benzene rings is 1.